The van der Waals surface area contributed by atoms with Crippen LogP contribution in [-0.4, -0.2) is 17.8 Å². The van der Waals surface area contributed by atoms with Crippen molar-refractivity contribution < 1.29 is 4.79 Å². The molecule has 1 unspecified atom stereocenters. The van der Waals surface area contributed by atoms with E-state index in [2.05, 4.69) is 6.58 Å². The lowest BCUT2D eigenvalue weighted by Gasteiger charge is -2.24. The lowest BCUT2D eigenvalue weighted by Crippen LogP contribution is -2.36. The largest absolute Gasteiger partial charge is 0.307 e. The highest BCUT2D eigenvalue weighted by Crippen LogP contribution is 2.21. The molecule has 0 heterocycles. The van der Waals surface area contributed by atoms with E-state index in [0.29, 0.717) is 6.54 Å². The van der Waals surface area contributed by atoms with E-state index in [4.69, 9.17) is 11.6 Å². The average Bonchev–Trinajstić information content (AvgIpc) is 2.26. The van der Waals surface area contributed by atoms with Crippen molar-refractivity contribution in [2.24, 2.45) is 0 Å². The second-order valence-electron chi connectivity index (χ2n) is 3.64. The van der Waals surface area contributed by atoms with Gasteiger partial charge in [0.1, 0.15) is 5.38 Å². The minimum atomic E-state index is -0.528. The second kappa shape index (κ2) is 5.71. The lowest BCUT2D eigenvalue weighted by molar-refractivity contribution is -0.117. The number of aryl methyl sites for hydroxylation is 1. The van der Waals surface area contributed by atoms with Crippen LogP contribution in [0.25, 0.3) is 0 Å². The number of amides is 1. The first-order valence-corrected chi connectivity index (χ1v) is 5.63. The van der Waals surface area contributed by atoms with Gasteiger partial charge in [0.25, 0.3) is 0 Å². The van der Waals surface area contributed by atoms with Gasteiger partial charge in [0, 0.05) is 12.2 Å². The maximum Gasteiger partial charge on any atom is 0.245 e. The van der Waals surface area contributed by atoms with E-state index in [-0.39, 0.29) is 5.91 Å². The first kappa shape index (κ1) is 12.8. The van der Waals surface area contributed by atoms with E-state index in [9.17, 15) is 4.79 Å². The third-order valence-electron chi connectivity index (χ3n) is 2.32. The summed E-state index contributed by atoms with van der Waals surface area (Å²) in [4.78, 5) is 13.6. The standard InChI is InChI=1S/C13H16ClNO/c1-4-9-15(13(16)11(3)14)12-8-6-5-7-10(12)2/h4-8,11H,1,9H2,2-3H3. The Bertz CT molecular complexity index is 387. The molecule has 0 spiro atoms. The smallest absolute Gasteiger partial charge is 0.245 e. The van der Waals surface area contributed by atoms with Gasteiger partial charge in [-0.2, -0.15) is 0 Å². The molecule has 0 aliphatic rings. The number of nitrogens with zero attached hydrogens (tertiary/aromatic N) is 1. The van der Waals surface area contributed by atoms with Crippen LogP contribution in [0.4, 0.5) is 5.69 Å². The molecule has 0 saturated carbocycles. The van der Waals surface area contributed by atoms with Crippen molar-refractivity contribution in [3.05, 3.63) is 42.5 Å². The van der Waals surface area contributed by atoms with Gasteiger partial charge >= 0.3 is 0 Å². The Morgan fingerprint density at radius 1 is 1.56 bits per heavy atom. The van der Waals surface area contributed by atoms with E-state index in [1.165, 1.54) is 0 Å². The molecule has 1 rings (SSSR count). The topological polar surface area (TPSA) is 20.3 Å². The predicted molar refractivity (Wildman–Crippen MR) is 69.0 cm³/mol. The molecule has 3 heteroatoms. The average molecular weight is 238 g/mol. The van der Waals surface area contributed by atoms with Crippen molar-refractivity contribution in [1.29, 1.82) is 0 Å². The van der Waals surface area contributed by atoms with Crippen LogP contribution >= 0.6 is 11.6 Å². The molecule has 0 aromatic heterocycles. The van der Waals surface area contributed by atoms with E-state index < -0.39 is 5.38 Å². The first-order chi connectivity index (χ1) is 7.57. The number of carbonyl (C=O) groups excluding carboxylic acids is 1. The lowest BCUT2D eigenvalue weighted by atomic mass is 10.1. The Kier molecular flexibility index (Phi) is 4.56. The molecule has 1 aromatic carbocycles. The molecule has 86 valence electrons. The zero-order valence-corrected chi connectivity index (χ0v) is 10.4. The van der Waals surface area contributed by atoms with E-state index in [0.717, 1.165) is 11.3 Å². The van der Waals surface area contributed by atoms with Crippen LogP contribution in [0, 0.1) is 6.92 Å². The van der Waals surface area contributed by atoms with Gasteiger partial charge in [0.15, 0.2) is 0 Å². The first-order valence-electron chi connectivity index (χ1n) is 5.20. The minimum absolute atomic E-state index is 0.101. The van der Waals surface area contributed by atoms with Crippen molar-refractivity contribution in [1.82, 2.24) is 0 Å². The Balaban J connectivity index is 3.07. The summed E-state index contributed by atoms with van der Waals surface area (Å²) in [5, 5.41) is -0.528. The van der Waals surface area contributed by atoms with Gasteiger partial charge in [0.2, 0.25) is 5.91 Å². The molecule has 1 aromatic rings. The molecule has 0 radical (unpaired) electrons. The van der Waals surface area contributed by atoms with E-state index in [1.54, 1.807) is 17.9 Å². The number of rotatable bonds is 4. The Morgan fingerprint density at radius 2 is 2.19 bits per heavy atom. The van der Waals surface area contributed by atoms with Gasteiger partial charge in [-0.25, -0.2) is 0 Å². The van der Waals surface area contributed by atoms with Crippen molar-refractivity contribution in [3.63, 3.8) is 0 Å². The Hall–Kier alpha value is -1.28. The minimum Gasteiger partial charge on any atom is -0.307 e. The van der Waals surface area contributed by atoms with Gasteiger partial charge < -0.3 is 4.90 Å². The monoisotopic (exact) mass is 237 g/mol. The molecule has 1 atom stereocenters. The van der Waals surface area contributed by atoms with Crippen LogP contribution in [-0.2, 0) is 4.79 Å². The van der Waals surface area contributed by atoms with Crippen molar-refractivity contribution in [2.45, 2.75) is 19.2 Å². The van der Waals surface area contributed by atoms with Crippen LogP contribution < -0.4 is 4.90 Å². The van der Waals surface area contributed by atoms with Crippen LogP contribution in [0.15, 0.2) is 36.9 Å². The number of benzene rings is 1. The fraction of sp³-hybridized carbons (Fsp3) is 0.308. The normalized spacial score (nSPS) is 11.9. The molecular formula is C13H16ClNO. The molecule has 0 fully saturated rings. The number of anilines is 1. The number of carbonyl (C=O) groups is 1. The Morgan fingerprint density at radius 3 is 2.69 bits per heavy atom. The number of hydrogen-bond donors (Lipinski definition) is 0. The number of hydrogen-bond acceptors (Lipinski definition) is 1. The van der Waals surface area contributed by atoms with Crippen LogP contribution in [0.5, 0.6) is 0 Å². The number of alkyl halides is 1. The maximum atomic E-state index is 11.9. The summed E-state index contributed by atoms with van der Waals surface area (Å²) in [5.74, 6) is -0.101. The highest BCUT2D eigenvalue weighted by molar-refractivity contribution is 6.32. The highest BCUT2D eigenvalue weighted by atomic mass is 35.5. The zero-order valence-electron chi connectivity index (χ0n) is 9.61. The predicted octanol–water partition coefficient (Wildman–Crippen LogP) is 3.14. The summed E-state index contributed by atoms with van der Waals surface area (Å²) >= 11 is 5.84. The zero-order chi connectivity index (χ0) is 12.1. The summed E-state index contributed by atoms with van der Waals surface area (Å²) in [6.45, 7) is 7.78. The molecule has 0 aliphatic carbocycles. The fourth-order valence-electron chi connectivity index (χ4n) is 1.52. The second-order valence-corrected chi connectivity index (χ2v) is 4.29. The molecular weight excluding hydrogens is 222 g/mol. The molecule has 0 aliphatic heterocycles. The van der Waals surface area contributed by atoms with Crippen LogP contribution in [0.2, 0.25) is 0 Å². The van der Waals surface area contributed by atoms with Gasteiger partial charge in [-0.15, -0.1) is 18.2 Å². The van der Waals surface area contributed by atoms with Gasteiger partial charge in [-0.05, 0) is 25.5 Å². The molecule has 2 nitrogen and oxygen atoms in total. The summed E-state index contributed by atoms with van der Waals surface area (Å²) < 4.78 is 0. The molecule has 0 bridgehead atoms. The number of halogens is 1. The summed E-state index contributed by atoms with van der Waals surface area (Å²) in [6, 6.07) is 7.73. The number of para-hydroxylation sites is 1. The van der Waals surface area contributed by atoms with E-state index >= 15 is 0 Å². The summed E-state index contributed by atoms with van der Waals surface area (Å²) in [5.41, 5.74) is 1.94. The highest BCUT2D eigenvalue weighted by Gasteiger charge is 2.19. The molecule has 1 amide bonds. The molecule has 0 N–H and O–H groups in total. The van der Waals surface area contributed by atoms with Crippen molar-refractivity contribution in [3.8, 4) is 0 Å². The molecule has 0 saturated heterocycles. The van der Waals surface area contributed by atoms with E-state index in [1.807, 2.05) is 31.2 Å². The van der Waals surface area contributed by atoms with Gasteiger partial charge in [-0.1, -0.05) is 24.3 Å². The van der Waals surface area contributed by atoms with Crippen molar-refractivity contribution >= 4 is 23.2 Å². The fourth-order valence-corrected chi connectivity index (χ4v) is 1.63. The van der Waals surface area contributed by atoms with Crippen molar-refractivity contribution in [2.75, 3.05) is 11.4 Å². The third-order valence-corrected chi connectivity index (χ3v) is 2.51. The van der Waals surface area contributed by atoms with Gasteiger partial charge in [-0.3, -0.25) is 4.79 Å². The summed E-state index contributed by atoms with van der Waals surface area (Å²) in [7, 11) is 0. The van der Waals surface area contributed by atoms with Gasteiger partial charge in [0.05, 0.1) is 0 Å². The Labute approximate surface area is 102 Å². The third kappa shape index (κ3) is 2.86. The van der Waals surface area contributed by atoms with Crippen LogP contribution in [0.3, 0.4) is 0 Å². The summed E-state index contributed by atoms with van der Waals surface area (Å²) in [6.07, 6.45) is 1.70. The molecule has 16 heavy (non-hydrogen) atoms. The maximum absolute atomic E-state index is 11.9. The quantitative estimate of drug-likeness (QED) is 0.582. The van der Waals surface area contributed by atoms with Crippen LogP contribution in [0.1, 0.15) is 12.5 Å². The SMILES string of the molecule is C=CCN(C(=O)C(C)Cl)c1ccccc1C.